The molecule has 1 aromatic rings. The van der Waals surface area contributed by atoms with Crippen LogP contribution in [0.5, 0.6) is 0 Å². The van der Waals surface area contributed by atoms with E-state index in [1.807, 2.05) is 24.5 Å². The van der Waals surface area contributed by atoms with Gasteiger partial charge >= 0.3 is 0 Å². The van der Waals surface area contributed by atoms with E-state index in [1.54, 1.807) is 11.8 Å². The van der Waals surface area contributed by atoms with Crippen molar-refractivity contribution in [2.75, 3.05) is 24.7 Å². The average molecular weight is 292 g/mol. The van der Waals surface area contributed by atoms with Crippen molar-refractivity contribution in [2.24, 2.45) is 11.8 Å². The number of anilines is 1. The molecule has 2 rings (SSSR count). The Hall–Kier alpha value is -1.00. The fraction of sp³-hybridized carbons (Fsp3) is 0.562. The second-order valence-electron chi connectivity index (χ2n) is 5.57. The van der Waals surface area contributed by atoms with Gasteiger partial charge in [-0.05, 0) is 62.2 Å². The number of rotatable bonds is 5. The Labute approximate surface area is 125 Å². The van der Waals surface area contributed by atoms with Crippen molar-refractivity contribution in [3.63, 3.8) is 0 Å². The summed E-state index contributed by atoms with van der Waals surface area (Å²) in [6.07, 6.45) is 5.12. The van der Waals surface area contributed by atoms with Gasteiger partial charge in [0.05, 0.1) is 0 Å². The normalized spacial score (nSPS) is 20.4. The summed E-state index contributed by atoms with van der Waals surface area (Å²) >= 11 is 1.69. The Morgan fingerprint density at radius 3 is 3.10 bits per heavy atom. The first-order chi connectivity index (χ1) is 9.69. The monoisotopic (exact) mass is 292 g/mol. The van der Waals surface area contributed by atoms with E-state index >= 15 is 0 Å². The maximum Gasteiger partial charge on any atom is 0.224 e. The number of benzene rings is 1. The zero-order chi connectivity index (χ0) is 14.4. The Morgan fingerprint density at radius 1 is 1.55 bits per heavy atom. The minimum atomic E-state index is 0.126. The standard InChI is InChI=1S/C16H24N2OS/c1-12(13-5-4-8-17-11-13)9-16(19)18-14-6-3-7-15(10-14)20-2/h3,6-7,10,12-13,17H,4-5,8-9,11H2,1-2H3,(H,18,19). The smallest absolute Gasteiger partial charge is 0.224 e. The fourth-order valence-electron chi connectivity index (χ4n) is 2.74. The summed E-state index contributed by atoms with van der Waals surface area (Å²) in [4.78, 5) is 13.3. The molecule has 3 nitrogen and oxygen atoms in total. The molecule has 20 heavy (non-hydrogen) atoms. The predicted octanol–water partition coefficient (Wildman–Crippen LogP) is 3.37. The van der Waals surface area contributed by atoms with E-state index in [9.17, 15) is 4.79 Å². The molecule has 0 aliphatic carbocycles. The minimum absolute atomic E-state index is 0.126. The minimum Gasteiger partial charge on any atom is -0.326 e. The van der Waals surface area contributed by atoms with Crippen molar-refractivity contribution in [3.8, 4) is 0 Å². The molecule has 4 heteroatoms. The highest BCUT2D eigenvalue weighted by molar-refractivity contribution is 7.98. The molecule has 2 N–H and O–H groups in total. The van der Waals surface area contributed by atoms with Crippen molar-refractivity contribution in [3.05, 3.63) is 24.3 Å². The third-order valence-corrected chi connectivity index (χ3v) is 4.73. The number of amides is 1. The molecule has 1 amide bonds. The van der Waals surface area contributed by atoms with Gasteiger partial charge in [-0.25, -0.2) is 0 Å². The van der Waals surface area contributed by atoms with Gasteiger partial charge < -0.3 is 10.6 Å². The molecule has 0 spiro atoms. The highest BCUT2D eigenvalue weighted by atomic mass is 32.2. The molecule has 110 valence electrons. The number of hydrogen-bond acceptors (Lipinski definition) is 3. The van der Waals surface area contributed by atoms with E-state index in [0.717, 1.165) is 18.8 Å². The maximum atomic E-state index is 12.1. The molecule has 1 fully saturated rings. The van der Waals surface area contributed by atoms with Crippen LogP contribution in [0.3, 0.4) is 0 Å². The molecular formula is C16H24N2OS. The van der Waals surface area contributed by atoms with E-state index in [1.165, 1.54) is 17.7 Å². The van der Waals surface area contributed by atoms with Crippen LogP contribution in [0.25, 0.3) is 0 Å². The van der Waals surface area contributed by atoms with E-state index in [-0.39, 0.29) is 5.91 Å². The van der Waals surface area contributed by atoms with E-state index < -0.39 is 0 Å². The lowest BCUT2D eigenvalue weighted by atomic mass is 9.85. The van der Waals surface area contributed by atoms with Gasteiger partial charge in [-0.15, -0.1) is 11.8 Å². The lowest BCUT2D eigenvalue weighted by molar-refractivity contribution is -0.117. The van der Waals surface area contributed by atoms with E-state index in [2.05, 4.69) is 23.6 Å². The van der Waals surface area contributed by atoms with Crippen LogP contribution in [0.4, 0.5) is 5.69 Å². The zero-order valence-electron chi connectivity index (χ0n) is 12.3. The van der Waals surface area contributed by atoms with Crippen molar-refractivity contribution in [1.82, 2.24) is 5.32 Å². The third kappa shape index (κ3) is 4.53. The molecule has 0 aromatic heterocycles. The quantitative estimate of drug-likeness (QED) is 0.818. The summed E-state index contributed by atoms with van der Waals surface area (Å²) in [6.45, 7) is 4.36. The van der Waals surface area contributed by atoms with E-state index in [4.69, 9.17) is 0 Å². The zero-order valence-corrected chi connectivity index (χ0v) is 13.1. The Morgan fingerprint density at radius 2 is 2.40 bits per heavy atom. The van der Waals surface area contributed by atoms with Crippen LogP contribution < -0.4 is 10.6 Å². The molecule has 0 bridgehead atoms. The summed E-state index contributed by atoms with van der Waals surface area (Å²) in [6, 6.07) is 8.01. The van der Waals surface area contributed by atoms with Gasteiger partial charge in [0, 0.05) is 17.0 Å². The second kappa shape index (κ2) is 7.70. The molecule has 1 saturated heterocycles. The predicted molar refractivity (Wildman–Crippen MR) is 86.2 cm³/mol. The van der Waals surface area contributed by atoms with Gasteiger partial charge in [-0.3, -0.25) is 4.79 Å². The van der Waals surface area contributed by atoms with Crippen LogP contribution in [0, 0.1) is 11.8 Å². The fourth-order valence-corrected chi connectivity index (χ4v) is 3.20. The largest absolute Gasteiger partial charge is 0.326 e. The number of carbonyl (C=O) groups excluding carboxylic acids is 1. The summed E-state index contributed by atoms with van der Waals surface area (Å²) in [7, 11) is 0. The van der Waals surface area contributed by atoms with Gasteiger partial charge in [-0.1, -0.05) is 13.0 Å². The lowest BCUT2D eigenvalue weighted by Crippen LogP contribution is -2.34. The molecule has 1 aliphatic rings. The van der Waals surface area contributed by atoms with Crippen molar-refractivity contribution >= 4 is 23.4 Å². The average Bonchev–Trinajstić information content (AvgIpc) is 2.48. The number of hydrogen-bond donors (Lipinski definition) is 2. The molecule has 1 aliphatic heterocycles. The van der Waals surface area contributed by atoms with Crippen molar-refractivity contribution in [2.45, 2.75) is 31.1 Å². The molecule has 1 aromatic carbocycles. The summed E-state index contributed by atoms with van der Waals surface area (Å²) in [5.41, 5.74) is 0.899. The lowest BCUT2D eigenvalue weighted by Gasteiger charge is -2.28. The molecule has 1 heterocycles. The Kier molecular flexibility index (Phi) is 5.92. The van der Waals surface area contributed by atoms with Crippen LogP contribution in [0.2, 0.25) is 0 Å². The Bertz CT molecular complexity index is 444. The van der Waals surface area contributed by atoms with Gasteiger partial charge in [0.1, 0.15) is 0 Å². The number of nitrogens with one attached hydrogen (secondary N) is 2. The third-order valence-electron chi connectivity index (χ3n) is 4.00. The highest BCUT2D eigenvalue weighted by Gasteiger charge is 2.21. The van der Waals surface area contributed by atoms with Crippen LogP contribution in [-0.2, 0) is 4.79 Å². The molecule has 2 unspecified atom stereocenters. The second-order valence-corrected chi connectivity index (χ2v) is 6.45. The van der Waals surface area contributed by atoms with Gasteiger partial charge in [0.2, 0.25) is 5.91 Å². The number of piperidine rings is 1. The SMILES string of the molecule is CSc1cccc(NC(=O)CC(C)C2CCCNC2)c1. The number of carbonyl (C=O) groups is 1. The highest BCUT2D eigenvalue weighted by Crippen LogP contribution is 2.24. The van der Waals surface area contributed by atoms with Crippen molar-refractivity contribution < 1.29 is 4.79 Å². The maximum absolute atomic E-state index is 12.1. The van der Waals surface area contributed by atoms with Crippen LogP contribution in [0.1, 0.15) is 26.2 Å². The topological polar surface area (TPSA) is 41.1 Å². The first kappa shape index (κ1) is 15.4. The van der Waals surface area contributed by atoms with E-state index in [0.29, 0.717) is 18.3 Å². The van der Waals surface area contributed by atoms with Crippen LogP contribution in [0.15, 0.2) is 29.2 Å². The molecule has 0 radical (unpaired) electrons. The molecule has 0 saturated carbocycles. The van der Waals surface area contributed by atoms with Crippen LogP contribution >= 0.6 is 11.8 Å². The Balaban J connectivity index is 1.84. The first-order valence-corrected chi connectivity index (χ1v) is 8.56. The van der Waals surface area contributed by atoms with Gasteiger partial charge in [0.25, 0.3) is 0 Å². The molecule has 2 atom stereocenters. The summed E-state index contributed by atoms with van der Waals surface area (Å²) < 4.78 is 0. The number of thioether (sulfide) groups is 1. The first-order valence-electron chi connectivity index (χ1n) is 7.33. The summed E-state index contributed by atoms with van der Waals surface area (Å²) in [5.74, 6) is 1.19. The van der Waals surface area contributed by atoms with Gasteiger partial charge in [-0.2, -0.15) is 0 Å². The van der Waals surface area contributed by atoms with Crippen molar-refractivity contribution in [1.29, 1.82) is 0 Å². The van der Waals surface area contributed by atoms with Gasteiger partial charge in [0.15, 0.2) is 0 Å². The molecular weight excluding hydrogens is 268 g/mol. The van der Waals surface area contributed by atoms with Crippen LogP contribution in [-0.4, -0.2) is 25.3 Å². The summed E-state index contributed by atoms with van der Waals surface area (Å²) in [5, 5.41) is 6.43.